The van der Waals surface area contributed by atoms with Crippen molar-refractivity contribution in [2.24, 2.45) is 0 Å². The fourth-order valence-corrected chi connectivity index (χ4v) is 5.05. The molecule has 0 fully saturated rings. The Morgan fingerprint density at radius 3 is 2.50 bits per heavy atom. The largest absolute Gasteiger partial charge is 0.332 e. The Labute approximate surface area is 221 Å². The number of carbonyl (C=O) groups is 1. The highest BCUT2D eigenvalue weighted by atomic mass is 32.2. The maximum atomic E-state index is 12.8. The standard InChI is InChI=1S/C25H21N5O3S3/c1-16(23(31)29-25-28-22(15-35-25)17-7-5-11-20(13-17)30(32)33)36-21-12-6-10-19(14-21)27-24(34)26-18-8-3-2-4-9-18/h2-16H,1H3,(H2,26,27,34)(H,28,29,31). The lowest BCUT2D eigenvalue weighted by molar-refractivity contribution is -0.384. The molecule has 1 unspecified atom stereocenters. The maximum absolute atomic E-state index is 12.8. The number of rotatable bonds is 8. The zero-order valence-corrected chi connectivity index (χ0v) is 21.5. The van der Waals surface area contributed by atoms with Crippen LogP contribution in [0.1, 0.15) is 6.92 Å². The number of aromatic nitrogens is 1. The maximum Gasteiger partial charge on any atom is 0.270 e. The number of benzene rings is 3. The third kappa shape index (κ3) is 6.87. The molecule has 4 aromatic rings. The van der Waals surface area contributed by atoms with Gasteiger partial charge in [-0.15, -0.1) is 23.1 Å². The number of nitrogens with zero attached hydrogens (tertiary/aromatic N) is 2. The number of anilines is 3. The quantitative estimate of drug-likeness (QED) is 0.0996. The van der Waals surface area contributed by atoms with Crippen molar-refractivity contribution < 1.29 is 9.72 Å². The van der Waals surface area contributed by atoms with Gasteiger partial charge in [-0.1, -0.05) is 36.4 Å². The highest BCUT2D eigenvalue weighted by Crippen LogP contribution is 2.30. The Hall–Kier alpha value is -3.80. The van der Waals surface area contributed by atoms with E-state index >= 15 is 0 Å². The summed E-state index contributed by atoms with van der Waals surface area (Å²) in [7, 11) is 0. The molecule has 3 aromatic carbocycles. The smallest absolute Gasteiger partial charge is 0.270 e. The number of nitrogens with one attached hydrogen (secondary N) is 3. The summed E-state index contributed by atoms with van der Waals surface area (Å²) in [6.07, 6.45) is 0. The highest BCUT2D eigenvalue weighted by molar-refractivity contribution is 8.00. The van der Waals surface area contributed by atoms with Gasteiger partial charge in [0, 0.05) is 39.3 Å². The van der Waals surface area contributed by atoms with Crippen molar-refractivity contribution in [2.75, 3.05) is 16.0 Å². The van der Waals surface area contributed by atoms with Crippen molar-refractivity contribution in [2.45, 2.75) is 17.1 Å². The van der Waals surface area contributed by atoms with Crippen molar-refractivity contribution >= 4 is 68.5 Å². The van der Waals surface area contributed by atoms with Gasteiger partial charge in [0.2, 0.25) is 5.91 Å². The molecule has 0 saturated heterocycles. The number of nitro benzene ring substituents is 1. The predicted octanol–water partition coefficient (Wildman–Crippen LogP) is 6.65. The lowest BCUT2D eigenvalue weighted by Crippen LogP contribution is -2.22. The molecule has 3 N–H and O–H groups in total. The molecule has 4 rings (SSSR count). The topological polar surface area (TPSA) is 109 Å². The number of nitro groups is 1. The molecule has 36 heavy (non-hydrogen) atoms. The van der Waals surface area contributed by atoms with Crippen LogP contribution in [-0.2, 0) is 4.79 Å². The molecule has 0 bridgehead atoms. The molecule has 8 nitrogen and oxygen atoms in total. The Morgan fingerprint density at radius 1 is 1.00 bits per heavy atom. The van der Waals surface area contributed by atoms with Gasteiger partial charge in [-0.05, 0) is 49.5 Å². The number of thiazole rings is 1. The monoisotopic (exact) mass is 535 g/mol. The first-order valence-corrected chi connectivity index (χ1v) is 12.9. The Morgan fingerprint density at radius 2 is 1.72 bits per heavy atom. The molecule has 182 valence electrons. The van der Waals surface area contributed by atoms with Gasteiger partial charge in [-0.2, -0.15) is 0 Å². The van der Waals surface area contributed by atoms with Crippen molar-refractivity contribution in [3.05, 3.63) is 94.4 Å². The van der Waals surface area contributed by atoms with E-state index in [9.17, 15) is 14.9 Å². The molecule has 0 aliphatic carbocycles. The summed E-state index contributed by atoms with van der Waals surface area (Å²) in [5, 5.41) is 22.4. The molecule has 1 aromatic heterocycles. The van der Waals surface area contributed by atoms with E-state index in [1.54, 1.807) is 17.5 Å². The SMILES string of the molecule is CC(Sc1cccc(NC(=S)Nc2ccccc2)c1)C(=O)Nc1nc(-c2cccc([N+](=O)[O-])c2)cs1. The van der Waals surface area contributed by atoms with Crippen LogP contribution in [0.25, 0.3) is 11.3 Å². The van der Waals surface area contributed by atoms with Crippen LogP contribution in [0.5, 0.6) is 0 Å². The first-order valence-electron chi connectivity index (χ1n) is 10.8. The molecule has 0 radical (unpaired) electrons. The minimum atomic E-state index is -0.449. The number of hydrogen-bond acceptors (Lipinski definition) is 7. The van der Waals surface area contributed by atoms with Crippen LogP contribution < -0.4 is 16.0 Å². The fraction of sp³-hybridized carbons (Fsp3) is 0.0800. The number of amides is 1. The van der Waals surface area contributed by atoms with Crippen LogP contribution in [-0.4, -0.2) is 26.2 Å². The number of thiocarbonyl (C=S) groups is 1. The Kier molecular flexibility index (Phi) is 8.26. The summed E-state index contributed by atoms with van der Waals surface area (Å²) in [4.78, 5) is 28.7. The van der Waals surface area contributed by atoms with Crippen LogP contribution in [0.4, 0.5) is 22.2 Å². The summed E-state index contributed by atoms with van der Waals surface area (Å²) in [5.74, 6) is -0.195. The van der Waals surface area contributed by atoms with E-state index in [0.29, 0.717) is 21.5 Å². The van der Waals surface area contributed by atoms with Gasteiger partial charge >= 0.3 is 0 Å². The molecule has 1 amide bonds. The van der Waals surface area contributed by atoms with Gasteiger partial charge in [-0.3, -0.25) is 14.9 Å². The van der Waals surface area contributed by atoms with Crippen LogP contribution in [0.2, 0.25) is 0 Å². The van der Waals surface area contributed by atoms with E-state index in [0.717, 1.165) is 16.3 Å². The number of para-hydroxylation sites is 1. The molecule has 0 aliphatic rings. The number of thioether (sulfide) groups is 1. The molecule has 0 aliphatic heterocycles. The molecule has 1 heterocycles. The molecule has 0 spiro atoms. The third-order valence-corrected chi connectivity index (χ3v) is 6.95. The zero-order valence-electron chi connectivity index (χ0n) is 19.0. The van der Waals surface area contributed by atoms with E-state index in [1.165, 1.54) is 35.2 Å². The van der Waals surface area contributed by atoms with Crippen molar-refractivity contribution in [1.82, 2.24) is 4.98 Å². The second-order valence-corrected chi connectivity index (χ2v) is 10.2. The summed E-state index contributed by atoms with van der Waals surface area (Å²) in [6, 6.07) is 23.5. The van der Waals surface area contributed by atoms with Gasteiger partial charge < -0.3 is 16.0 Å². The van der Waals surface area contributed by atoms with E-state index < -0.39 is 4.92 Å². The summed E-state index contributed by atoms with van der Waals surface area (Å²) >= 11 is 8.07. The number of non-ortho nitro benzene ring substituents is 1. The van der Waals surface area contributed by atoms with Crippen molar-refractivity contribution in [3.63, 3.8) is 0 Å². The van der Waals surface area contributed by atoms with Crippen molar-refractivity contribution in [1.29, 1.82) is 0 Å². The van der Waals surface area contributed by atoms with E-state index in [-0.39, 0.29) is 16.8 Å². The minimum absolute atomic E-state index is 0.00978. The lowest BCUT2D eigenvalue weighted by Gasteiger charge is -2.13. The minimum Gasteiger partial charge on any atom is -0.332 e. The van der Waals surface area contributed by atoms with Crippen LogP contribution in [0, 0.1) is 10.1 Å². The normalized spacial score (nSPS) is 11.4. The van der Waals surface area contributed by atoms with Gasteiger partial charge in [0.1, 0.15) is 0 Å². The highest BCUT2D eigenvalue weighted by Gasteiger charge is 2.17. The molecule has 11 heteroatoms. The lowest BCUT2D eigenvalue weighted by atomic mass is 10.1. The van der Waals surface area contributed by atoms with E-state index in [4.69, 9.17) is 12.2 Å². The Balaban J connectivity index is 1.34. The molecular formula is C25H21N5O3S3. The molecule has 1 atom stereocenters. The fourth-order valence-electron chi connectivity index (χ4n) is 3.17. The first kappa shape index (κ1) is 25.3. The van der Waals surface area contributed by atoms with Gasteiger partial charge in [-0.25, -0.2) is 4.98 Å². The van der Waals surface area contributed by atoms with E-state index in [1.807, 2.05) is 61.5 Å². The molecular weight excluding hydrogens is 515 g/mol. The van der Waals surface area contributed by atoms with Crippen LogP contribution in [0.15, 0.2) is 89.1 Å². The zero-order chi connectivity index (χ0) is 25.5. The number of hydrogen-bond donors (Lipinski definition) is 3. The van der Waals surface area contributed by atoms with Gasteiger partial charge in [0.05, 0.1) is 15.9 Å². The van der Waals surface area contributed by atoms with Crippen LogP contribution >= 0.6 is 35.3 Å². The Bertz CT molecular complexity index is 1390. The first-order chi connectivity index (χ1) is 17.4. The third-order valence-electron chi connectivity index (χ3n) is 4.89. The summed E-state index contributed by atoms with van der Waals surface area (Å²) < 4.78 is 0. The predicted molar refractivity (Wildman–Crippen MR) is 151 cm³/mol. The van der Waals surface area contributed by atoms with Crippen LogP contribution in [0.3, 0.4) is 0 Å². The summed E-state index contributed by atoms with van der Waals surface area (Å²) in [6.45, 7) is 1.82. The van der Waals surface area contributed by atoms with Crippen molar-refractivity contribution in [3.8, 4) is 11.3 Å². The second-order valence-electron chi connectivity index (χ2n) is 7.57. The average molecular weight is 536 g/mol. The molecule has 0 saturated carbocycles. The van der Waals surface area contributed by atoms with Gasteiger partial charge in [0.15, 0.2) is 10.2 Å². The summed E-state index contributed by atoms with van der Waals surface area (Å²) in [5.41, 5.74) is 2.87. The van der Waals surface area contributed by atoms with E-state index in [2.05, 4.69) is 20.9 Å². The number of carbonyl (C=O) groups excluding carboxylic acids is 1. The van der Waals surface area contributed by atoms with Gasteiger partial charge in [0.25, 0.3) is 5.69 Å². The average Bonchev–Trinajstić information content (AvgIpc) is 3.33. The second kappa shape index (κ2) is 11.8.